The molecule has 0 aliphatic heterocycles. The van der Waals surface area contributed by atoms with Crippen molar-refractivity contribution >= 4 is 17.5 Å². The van der Waals surface area contributed by atoms with Gasteiger partial charge in [-0.25, -0.2) is 4.98 Å². The fourth-order valence-corrected chi connectivity index (χ4v) is 4.50. The lowest BCUT2D eigenvalue weighted by Crippen LogP contribution is -2.06. The molecule has 2 heterocycles. The largest absolute Gasteiger partial charge is 0.431 e. The van der Waals surface area contributed by atoms with Gasteiger partial charge in [0.05, 0.1) is 5.75 Å². The highest BCUT2D eigenvalue weighted by atomic mass is 32.2. The Hall–Kier alpha value is -3.05. The first-order valence-electron chi connectivity index (χ1n) is 10.5. The first kappa shape index (κ1) is 21.2. The molecule has 2 aromatic heterocycles. The summed E-state index contributed by atoms with van der Waals surface area (Å²) in [6, 6.07) is 21.9. The van der Waals surface area contributed by atoms with Crippen LogP contribution in [-0.4, -0.2) is 21.1 Å². The SMILES string of the molecule is CCCn1c(C)cc(C(=O)CSc2nc(-c3ccccc3)c(-c3ccccc3)o2)c1C. The van der Waals surface area contributed by atoms with Crippen LogP contribution in [0.3, 0.4) is 0 Å². The van der Waals surface area contributed by atoms with Crippen LogP contribution in [-0.2, 0) is 6.54 Å². The van der Waals surface area contributed by atoms with E-state index in [1.165, 1.54) is 11.8 Å². The molecule has 0 saturated heterocycles. The number of aromatic nitrogens is 2. The lowest BCUT2D eigenvalue weighted by atomic mass is 10.1. The number of hydrogen-bond acceptors (Lipinski definition) is 4. The van der Waals surface area contributed by atoms with Crippen molar-refractivity contribution in [1.29, 1.82) is 0 Å². The molecular weight excluding hydrogens is 404 g/mol. The van der Waals surface area contributed by atoms with Gasteiger partial charge in [0.15, 0.2) is 11.5 Å². The van der Waals surface area contributed by atoms with Gasteiger partial charge in [-0.3, -0.25) is 4.79 Å². The van der Waals surface area contributed by atoms with Gasteiger partial charge in [-0.05, 0) is 26.3 Å². The average molecular weight is 431 g/mol. The minimum absolute atomic E-state index is 0.0983. The van der Waals surface area contributed by atoms with Crippen molar-refractivity contribution in [3.05, 3.63) is 83.7 Å². The van der Waals surface area contributed by atoms with Crippen LogP contribution >= 0.6 is 11.8 Å². The van der Waals surface area contributed by atoms with Gasteiger partial charge >= 0.3 is 0 Å². The molecule has 0 saturated carbocycles. The van der Waals surface area contributed by atoms with Crippen LogP contribution in [0.5, 0.6) is 0 Å². The van der Waals surface area contributed by atoms with E-state index in [1.54, 1.807) is 0 Å². The molecule has 0 fully saturated rings. The summed E-state index contributed by atoms with van der Waals surface area (Å²) in [4.78, 5) is 17.7. The smallest absolute Gasteiger partial charge is 0.257 e. The van der Waals surface area contributed by atoms with Crippen LogP contribution in [0, 0.1) is 13.8 Å². The molecule has 5 heteroatoms. The van der Waals surface area contributed by atoms with Gasteiger partial charge in [0.25, 0.3) is 5.22 Å². The Labute approximate surface area is 187 Å². The average Bonchev–Trinajstić information content (AvgIpc) is 3.36. The third-order valence-corrected chi connectivity index (χ3v) is 6.17. The van der Waals surface area contributed by atoms with E-state index >= 15 is 0 Å². The summed E-state index contributed by atoms with van der Waals surface area (Å²) >= 11 is 1.35. The fraction of sp³-hybridized carbons (Fsp3) is 0.231. The Morgan fingerprint density at radius 3 is 2.29 bits per heavy atom. The van der Waals surface area contributed by atoms with Gasteiger partial charge in [-0.2, -0.15) is 0 Å². The maximum atomic E-state index is 12.9. The molecule has 4 aromatic rings. The Bertz CT molecular complexity index is 1120. The molecule has 0 bridgehead atoms. The van der Waals surface area contributed by atoms with Crippen molar-refractivity contribution in [2.24, 2.45) is 0 Å². The molecule has 0 atom stereocenters. The highest BCUT2D eigenvalue weighted by Crippen LogP contribution is 2.35. The zero-order valence-corrected chi connectivity index (χ0v) is 18.9. The molecule has 0 aliphatic carbocycles. The summed E-state index contributed by atoms with van der Waals surface area (Å²) in [5.41, 5.74) is 5.70. The Balaban J connectivity index is 1.59. The molecule has 0 spiro atoms. The zero-order chi connectivity index (χ0) is 21.8. The van der Waals surface area contributed by atoms with Gasteiger partial charge in [0, 0.05) is 34.6 Å². The predicted molar refractivity (Wildman–Crippen MR) is 127 cm³/mol. The highest BCUT2D eigenvalue weighted by Gasteiger charge is 2.20. The van der Waals surface area contributed by atoms with Gasteiger partial charge in [-0.1, -0.05) is 79.3 Å². The molecule has 158 valence electrons. The summed E-state index contributed by atoms with van der Waals surface area (Å²) in [6.07, 6.45) is 1.04. The van der Waals surface area contributed by atoms with E-state index in [-0.39, 0.29) is 5.78 Å². The lowest BCUT2D eigenvalue weighted by molar-refractivity contribution is 0.102. The standard InChI is InChI=1S/C26H26N2O2S/c1-4-15-28-18(2)16-22(19(28)3)23(29)17-31-26-27-24(20-11-7-5-8-12-20)25(30-26)21-13-9-6-10-14-21/h5-14,16H,4,15,17H2,1-3H3. The van der Waals surface area contributed by atoms with Crippen LogP contribution < -0.4 is 0 Å². The third kappa shape index (κ3) is 4.52. The first-order chi connectivity index (χ1) is 15.1. The zero-order valence-electron chi connectivity index (χ0n) is 18.1. The van der Waals surface area contributed by atoms with E-state index in [4.69, 9.17) is 9.40 Å². The number of nitrogens with zero attached hydrogens (tertiary/aromatic N) is 2. The van der Waals surface area contributed by atoms with E-state index in [1.807, 2.05) is 73.7 Å². The van der Waals surface area contributed by atoms with E-state index in [9.17, 15) is 4.79 Å². The molecule has 31 heavy (non-hydrogen) atoms. The number of carbonyl (C=O) groups excluding carboxylic acids is 1. The quantitative estimate of drug-likeness (QED) is 0.227. The third-order valence-electron chi connectivity index (χ3n) is 5.34. The number of carbonyl (C=O) groups is 1. The van der Waals surface area contributed by atoms with Gasteiger partial charge in [0.1, 0.15) is 5.69 Å². The van der Waals surface area contributed by atoms with Crippen LogP contribution in [0.4, 0.5) is 0 Å². The molecule has 0 N–H and O–H groups in total. The molecule has 0 radical (unpaired) electrons. The van der Waals surface area contributed by atoms with Gasteiger partial charge in [0.2, 0.25) is 0 Å². The second-order valence-corrected chi connectivity index (χ2v) is 8.46. The number of Topliss-reactive ketones (excluding diaryl/α,β-unsaturated/α-hetero) is 1. The lowest BCUT2D eigenvalue weighted by Gasteiger charge is -2.07. The summed E-state index contributed by atoms with van der Waals surface area (Å²) in [7, 11) is 0. The van der Waals surface area contributed by atoms with Crippen molar-refractivity contribution in [3.8, 4) is 22.6 Å². The van der Waals surface area contributed by atoms with E-state index in [2.05, 4.69) is 18.4 Å². The molecular formula is C26H26N2O2S. The number of aryl methyl sites for hydroxylation is 1. The molecule has 0 aliphatic rings. The maximum Gasteiger partial charge on any atom is 0.257 e. The van der Waals surface area contributed by atoms with Crippen LogP contribution in [0.15, 0.2) is 76.4 Å². The normalized spacial score (nSPS) is 11.1. The Morgan fingerprint density at radius 1 is 1.00 bits per heavy atom. The van der Waals surface area contributed by atoms with Crippen LogP contribution in [0.2, 0.25) is 0 Å². The number of hydrogen-bond donors (Lipinski definition) is 0. The van der Waals surface area contributed by atoms with Crippen molar-refractivity contribution in [1.82, 2.24) is 9.55 Å². The summed E-state index contributed by atoms with van der Waals surface area (Å²) in [6.45, 7) is 7.15. The molecule has 4 nitrogen and oxygen atoms in total. The topological polar surface area (TPSA) is 48.0 Å². The summed E-state index contributed by atoms with van der Waals surface area (Å²) in [5.74, 6) is 1.11. The number of benzene rings is 2. The second-order valence-electron chi connectivity index (χ2n) is 7.54. The minimum Gasteiger partial charge on any atom is -0.431 e. The van der Waals surface area contributed by atoms with Crippen molar-refractivity contribution < 1.29 is 9.21 Å². The van der Waals surface area contributed by atoms with Gasteiger partial charge in [-0.15, -0.1) is 0 Å². The monoisotopic (exact) mass is 430 g/mol. The Morgan fingerprint density at radius 2 is 1.65 bits per heavy atom. The Kier molecular flexibility index (Phi) is 6.42. The first-order valence-corrected chi connectivity index (χ1v) is 11.5. The van der Waals surface area contributed by atoms with E-state index in [0.717, 1.165) is 52.5 Å². The number of oxazole rings is 1. The summed E-state index contributed by atoms with van der Waals surface area (Å²) in [5, 5.41) is 0.508. The van der Waals surface area contributed by atoms with Crippen LogP contribution in [0.25, 0.3) is 22.6 Å². The van der Waals surface area contributed by atoms with E-state index in [0.29, 0.717) is 11.0 Å². The number of ketones is 1. The summed E-state index contributed by atoms with van der Waals surface area (Å²) < 4.78 is 8.35. The molecule has 4 rings (SSSR count). The maximum absolute atomic E-state index is 12.9. The van der Waals surface area contributed by atoms with Crippen molar-refractivity contribution in [2.45, 2.75) is 39.0 Å². The van der Waals surface area contributed by atoms with Crippen molar-refractivity contribution in [2.75, 3.05) is 5.75 Å². The van der Waals surface area contributed by atoms with Crippen molar-refractivity contribution in [3.63, 3.8) is 0 Å². The predicted octanol–water partition coefficient (Wildman–Crippen LogP) is 6.81. The highest BCUT2D eigenvalue weighted by molar-refractivity contribution is 7.99. The number of thioether (sulfide) groups is 1. The van der Waals surface area contributed by atoms with Crippen LogP contribution in [0.1, 0.15) is 35.1 Å². The number of rotatable bonds is 8. The minimum atomic E-state index is 0.0983. The molecule has 0 amide bonds. The van der Waals surface area contributed by atoms with Gasteiger partial charge < -0.3 is 8.98 Å². The molecule has 2 aromatic carbocycles. The van der Waals surface area contributed by atoms with E-state index < -0.39 is 0 Å². The fourth-order valence-electron chi connectivity index (χ4n) is 3.80. The molecule has 0 unspecified atom stereocenters. The second kappa shape index (κ2) is 9.40.